The number of hydrogen-bond acceptors (Lipinski definition) is 3. The Labute approximate surface area is 105 Å². The van der Waals surface area contributed by atoms with Crippen LogP contribution in [0.2, 0.25) is 0 Å². The zero-order valence-electron chi connectivity index (χ0n) is 9.77. The minimum atomic E-state index is -0.428. The van der Waals surface area contributed by atoms with E-state index in [1.807, 2.05) is 13.8 Å². The Bertz CT molecular complexity index is 409. The van der Waals surface area contributed by atoms with Crippen molar-refractivity contribution in [3.8, 4) is 11.5 Å². The fourth-order valence-electron chi connectivity index (χ4n) is 1.27. The average molecular weight is 258 g/mol. The van der Waals surface area contributed by atoms with E-state index in [-0.39, 0.29) is 23.3 Å². The number of para-hydroxylation sites is 1. The van der Waals surface area contributed by atoms with Crippen LogP contribution in [0, 0.1) is 5.92 Å². The molecule has 0 aromatic heterocycles. The molecule has 0 aliphatic carbocycles. The van der Waals surface area contributed by atoms with E-state index in [2.05, 4.69) is 5.32 Å². The van der Waals surface area contributed by atoms with Crippen LogP contribution in [0.25, 0.3) is 0 Å². The van der Waals surface area contributed by atoms with Gasteiger partial charge in [0.1, 0.15) is 0 Å². The van der Waals surface area contributed by atoms with Gasteiger partial charge in [-0.25, -0.2) is 0 Å². The molecule has 0 heterocycles. The zero-order chi connectivity index (χ0) is 13.0. The van der Waals surface area contributed by atoms with Crippen molar-refractivity contribution in [2.45, 2.75) is 19.9 Å². The molecule has 3 N–H and O–H groups in total. The van der Waals surface area contributed by atoms with Gasteiger partial charge in [0, 0.05) is 11.9 Å². The van der Waals surface area contributed by atoms with Gasteiger partial charge in [-0.3, -0.25) is 4.79 Å². The topological polar surface area (TPSA) is 69.6 Å². The van der Waals surface area contributed by atoms with Crippen LogP contribution in [0.3, 0.4) is 0 Å². The van der Waals surface area contributed by atoms with E-state index >= 15 is 0 Å². The van der Waals surface area contributed by atoms with Gasteiger partial charge in [-0.05, 0) is 25.0 Å². The van der Waals surface area contributed by atoms with E-state index in [4.69, 9.17) is 11.6 Å². The van der Waals surface area contributed by atoms with Crippen molar-refractivity contribution in [1.82, 2.24) is 5.32 Å². The summed E-state index contributed by atoms with van der Waals surface area (Å²) in [6.07, 6.45) is 0. The van der Waals surface area contributed by atoms with E-state index in [1.165, 1.54) is 18.2 Å². The van der Waals surface area contributed by atoms with E-state index in [1.54, 1.807) is 0 Å². The zero-order valence-corrected chi connectivity index (χ0v) is 10.5. The molecule has 94 valence electrons. The minimum absolute atomic E-state index is 0.0543. The molecule has 1 aromatic rings. The molecule has 2 unspecified atom stereocenters. The van der Waals surface area contributed by atoms with Crippen LogP contribution in [0.15, 0.2) is 18.2 Å². The normalized spacial score (nSPS) is 14.1. The van der Waals surface area contributed by atoms with Gasteiger partial charge in [0.25, 0.3) is 5.91 Å². The highest BCUT2D eigenvalue weighted by atomic mass is 35.5. The largest absolute Gasteiger partial charge is 0.504 e. The van der Waals surface area contributed by atoms with Crippen molar-refractivity contribution >= 4 is 17.5 Å². The molecule has 1 amide bonds. The first-order chi connectivity index (χ1) is 7.97. The summed E-state index contributed by atoms with van der Waals surface area (Å²) in [6.45, 7) is 3.76. The molecule has 5 heteroatoms. The Morgan fingerprint density at radius 3 is 2.65 bits per heavy atom. The van der Waals surface area contributed by atoms with Gasteiger partial charge in [0.05, 0.1) is 5.56 Å². The SMILES string of the molecule is CC(CCl)C(C)NC(=O)c1cccc(O)c1O. The number of benzene rings is 1. The van der Waals surface area contributed by atoms with Gasteiger partial charge >= 0.3 is 0 Å². The van der Waals surface area contributed by atoms with Gasteiger partial charge < -0.3 is 15.5 Å². The van der Waals surface area contributed by atoms with E-state index in [9.17, 15) is 15.0 Å². The maximum absolute atomic E-state index is 11.8. The minimum Gasteiger partial charge on any atom is -0.504 e. The second kappa shape index (κ2) is 5.77. The lowest BCUT2D eigenvalue weighted by Gasteiger charge is -2.19. The molecular formula is C12H16ClNO3. The van der Waals surface area contributed by atoms with Crippen LogP contribution in [0.5, 0.6) is 11.5 Å². The molecule has 0 aliphatic heterocycles. The fraction of sp³-hybridized carbons (Fsp3) is 0.417. The van der Waals surface area contributed by atoms with Gasteiger partial charge in [-0.15, -0.1) is 11.6 Å². The second-order valence-electron chi connectivity index (χ2n) is 4.07. The molecule has 0 fully saturated rings. The number of halogens is 1. The smallest absolute Gasteiger partial charge is 0.255 e. The van der Waals surface area contributed by atoms with Crippen LogP contribution in [0.1, 0.15) is 24.2 Å². The third-order valence-corrected chi connectivity index (χ3v) is 3.20. The van der Waals surface area contributed by atoms with Crippen LogP contribution < -0.4 is 5.32 Å². The Hall–Kier alpha value is -1.42. The number of aromatic hydroxyl groups is 2. The molecule has 1 aromatic carbocycles. The maximum Gasteiger partial charge on any atom is 0.255 e. The summed E-state index contributed by atoms with van der Waals surface area (Å²) in [7, 11) is 0. The molecule has 0 radical (unpaired) electrons. The van der Waals surface area contributed by atoms with Gasteiger partial charge in [-0.1, -0.05) is 13.0 Å². The van der Waals surface area contributed by atoms with Crippen LogP contribution in [-0.4, -0.2) is 28.0 Å². The number of amides is 1. The monoisotopic (exact) mass is 257 g/mol. The van der Waals surface area contributed by atoms with Crippen molar-refractivity contribution in [2.75, 3.05) is 5.88 Å². The Kier molecular flexibility index (Phi) is 4.63. The number of alkyl halides is 1. The molecule has 1 rings (SSSR count). The van der Waals surface area contributed by atoms with Gasteiger partial charge in [0.15, 0.2) is 11.5 Å². The predicted molar refractivity (Wildman–Crippen MR) is 66.6 cm³/mol. The van der Waals surface area contributed by atoms with Gasteiger partial charge in [0.2, 0.25) is 0 Å². The number of hydrogen-bond donors (Lipinski definition) is 3. The lowest BCUT2D eigenvalue weighted by Crippen LogP contribution is -2.37. The van der Waals surface area contributed by atoms with Crippen LogP contribution in [0.4, 0.5) is 0 Å². The fourth-order valence-corrected chi connectivity index (χ4v) is 1.54. The van der Waals surface area contributed by atoms with Crippen molar-refractivity contribution in [3.05, 3.63) is 23.8 Å². The summed E-state index contributed by atoms with van der Waals surface area (Å²) in [5, 5.41) is 21.5. The molecule has 2 atom stereocenters. The molecule has 17 heavy (non-hydrogen) atoms. The number of carbonyl (C=O) groups is 1. The summed E-state index contributed by atoms with van der Waals surface area (Å²) < 4.78 is 0. The lowest BCUT2D eigenvalue weighted by atomic mass is 10.1. The van der Waals surface area contributed by atoms with Crippen molar-refractivity contribution in [3.63, 3.8) is 0 Å². The summed E-state index contributed by atoms with van der Waals surface area (Å²) in [4.78, 5) is 11.8. The molecule has 0 bridgehead atoms. The van der Waals surface area contributed by atoms with E-state index in [0.717, 1.165) is 0 Å². The average Bonchev–Trinajstić information content (AvgIpc) is 2.31. The third kappa shape index (κ3) is 3.27. The van der Waals surface area contributed by atoms with Crippen molar-refractivity contribution in [1.29, 1.82) is 0 Å². The standard InChI is InChI=1S/C12H16ClNO3/c1-7(6-13)8(2)14-12(17)9-4-3-5-10(15)11(9)16/h3-5,7-8,15-16H,6H2,1-2H3,(H,14,17). The van der Waals surface area contributed by atoms with E-state index < -0.39 is 11.7 Å². The van der Waals surface area contributed by atoms with Crippen molar-refractivity contribution < 1.29 is 15.0 Å². The molecule has 0 saturated heterocycles. The first-order valence-corrected chi connectivity index (χ1v) is 5.88. The number of nitrogens with one attached hydrogen (secondary N) is 1. The lowest BCUT2D eigenvalue weighted by molar-refractivity contribution is 0.0927. The molecular weight excluding hydrogens is 242 g/mol. The Balaban J connectivity index is 2.80. The highest BCUT2D eigenvalue weighted by molar-refractivity contribution is 6.18. The summed E-state index contributed by atoms with van der Waals surface area (Å²) in [6, 6.07) is 4.15. The molecule has 0 saturated carbocycles. The maximum atomic E-state index is 11.8. The van der Waals surface area contributed by atoms with Crippen molar-refractivity contribution in [2.24, 2.45) is 5.92 Å². The van der Waals surface area contributed by atoms with E-state index in [0.29, 0.717) is 5.88 Å². The Morgan fingerprint density at radius 1 is 1.41 bits per heavy atom. The quantitative estimate of drug-likeness (QED) is 0.571. The first kappa shape index (κ1) is 13.6. The molecule has 0 aliphatic rings. The van der Waals surface area contributed by atoms with Crippen LogP contribution >= 0.6 is 11.6 Å². The summed E-state index contributed by atoms with van der Waals surface area (Å²) in [5.74, 6) is -0.581. The van der Waals surface area contributed by atoms with Crippen LogP contribution in [-0.2, 0) is 0 Å². The number of phenols is 2. The first-order valence-electron chi connectivity index (χ1n) is 5.35. The number of phenolic OH excluding ortho intramolecular Hbond substituents is 2. The highest BCUT2D eigenvalue weighted by Crippen LogP contribution is 2.28. The molecule has 4 nitrogen and oxygen atoms in total. The third-order valence-electron chi connectivity index (χ3n) is 2.72. The number of carbonyl (C=O) groups excluding carboxylic acids is 1. The summed E-state index contributed by atoms with van der Waals surface area (Å²) in [5.41, 5.74) is 0.0543. The summed E-state index contributed by atoms with van der Waals surface area (Å²) >= 11 is 5.69. The molecule has 0 spiro atoms. The van der Waals surface area contributed by atoms with Gasteiger partial charge in [-0.2, -0.15) is 0 Å². The predicted octanol–water partition coefficient (Wildman–Crippen LogP) is 2.09. The Morgan fingerprint density at radius 2 is 2.06 bits per heavy atom. The highest BCUT2D eigenvalue weighted by Gasteiger charge is 2.18. The second-order valence-corrected chi connectivity index (χ2v) is 4.38. The number of rotatable bonds is 4.